The Hall–Kier alpha value is -1.57. The van der Waals surface area contributed by atoms with Gasteiger partial charge in [0.2, 0.25) is 0 Å². The molecule has 1 aromatic carbocycles. The van der Waals surface area contributed by atoms with Gasteiger partial charge in [0.25, 0.3) is 0 Å². The normalized spacial score (nSPS) is 23.3. The van der Waals surface area contributed by atoms with E-state index < -0.39 is 6.10 Å². The van der Waals surface area contributed by atoms with Crippen molar-refractivity contribution in [3.63, 3.8) is 0 Å². The van der Waals surface area contributed by atoms with E-state index in [4.69, 9.17) is 10.00 Å². The second-order valence-corrected chi connectivity index (χ2v) is 5.86. The van der Waals surface area contributed by atoms with Gasteiger partial charge in [-0.25, -0.2) is 0 Å². The number of aliphatic hydroxyl groups excluding tert-OH is 1. The lowest BCUT2D eigenvalue weighted by molar-refractivity contribution is -0.0424. The van der Waals surface area contributed by atoms with Crippen molar-refractivity contribution >= 4 is 5.69 Å². The number of nitriles is 1. The van der Waals surface area contributed by atoms with Crippen LogP contribution < -0.4 is 5.32 Å². The third-order valence-electron chi connectivity index (χ3n) is 4.09. The molecule has 0 heterocycles. The molecule has 1 aliphatic rings. The molecule has 0 radical (unpaired) electrons. The van der Waals surface area contributed by atoms with Crippen LogP contribution in [-0.4, -0.2) is 30.5 Å². The Bertz CT molecular complexity index is 467. The minimum Gasteiger partial charge on any atom is -0.389 e. The smallest absolute Gasteiger partial charge is 0.0991 e. The van der Waals surface area contributed by atoms with E-state index in [1.807, 2.05) is 12.1 Å². The Labute approximate surface area is 126 Å². The fourth-order valence-electron chi connectivity index (χ4n) is 2.72. The summed E-state index contributed by atoms with van der Waals surface area (Å²) < 4.78 is 5.85. The van der Waals surface area contributed by atoms with Gasteiger partial charge in [0.1, 0.15) is 0 Å². The van der Waals surface area contributed by atoms with E-state index in [-0.39, 0.29) is 0 Å². The standard InChI is InChI=1S/C17H24N2O2/c1-13-4-2-3-5-17(13)21-12-16(20)11-19-15-8-6-14(10-18)7-9-15/h6-9,13,16-17,19-20H,2-5,11-12H2,1H3. The molecule has 4 heteroatoms. The van der Waals surface area contributed by atoms with Crippen molar-refractivity contribution in [2.24, 2.45) is 5.92 Å². The first-order valence-electron chi connectivity index (χ1n) is 7.72. The van der Waals surface area contributed by atoms with Crippen LogP contribution in [0, 0.1) is 17.2 Å². The lowest BCUT2D eigenvalue weighted by Gasteiger charge is -2.29. The largest absolute Gasteiger partial charge is 0.389 e. The first kappa shape index (κ1) is 15.8. The highest BCUT2D eigenvalue weighted by Crippen LogP contribution is 2.26. The molecule has 21 heavy (non-hydrogen) atoms. The average Bonchev–Trinajstić information content (AvgIpc) is 2.52. The minimum absolute atomic E-state index is 0.295. The zero-order valence-corrected chi connectivity index (χ0v) is 12.6. The van der Waals surface area contributed by atoms with Gasteiger partial charge in [-0.1, -0.05) is 19.8 Å². The van der Waals surface area contributed by atoms with Crippen LogP contribution in [-0.2, 0) is 4.74 Å². The molecule has 0 aromatic heterocycles. The van der Waals surface area contributed by atoms with E-state index in [0.717, 1.165) is 12.1 Å². The summed E-state index contributed by atoms with van der Waals surface area (Å²) in [6.45, 7) is 3.05. The maximum absolute atomic E-state index is 9.99. The van der Waals surface area contributed by atoms with Gasteiger partial charge in [0, 0.05) is 12.2 Å². The molecule has 1 aliphatic carbocycles. The summed E-state index contributed by atoms with van der Waals surface area (Å²) in [5.41, 5.74) is 1.54. The fraction of sp³-hybridized carbons (Fsp3) is 0.588. The molecule has 1 fully saturated rings. The predicted molar refractivity (Wildman–Crippen MR) is 83.0 cm³/mol. The molecule has 2 rings (SSSR count). The maximum Gasteiger partial charge on any atom is 0.0991 e. The van der Waals surface area contributed by atoms with Gasteiger partial charge in [-0.05, 0) is 43.0 Å². The summed E-state index contributed by atoms with van der Waals surface area (Å²) in [6.07, 6.45) is 4.64. The number of aliphatic hydroxyl groups is 1. The lowest BCUT2D eigenvalue weighted by Crippen LogP contribution is -2.32. The lowest BCUT2D eigenvalue weighted by atomic mass is 9.88. The van der Waals surface area contributed by atoms with Crippen LogP contribution in [0.15, 0.2) is 24.3 Å². The highest BCUT2D eigenvalue weighted by atomic mass is 16.5. The highest BCUT2D eigenvalue weighted by Gasteiger charge is 2.22. The van der Waals surface area contributed by atoms with Gasteiger partial charge in [-0.2, -0.15) is 5.26 Å². The molecule has 1 aromatic rings. The molecule has 0 bridgehead atoms. The summed E-state index contributed by atoms with van der Waals surface area (Å²) >= 11 is 0. The van der Waals surface area contributed by atoms with Gasteiger partial charge >= 0.3 is 0 Å². The van der Waals surface area contributed by atoms with E-state index in [9.17, 15) is 5.11 Å². The fourth-order valence-corrected chi connectivity index (χ4v) is 2.72. The van der Waals surface area contributed by atoms with Gasteiger partial charge in [-0.15, -0.1) is 0 Å². The van der Waals surface area contributed by atoms with Gasteiger partial charge < -0.3 is 15.2 Å². The van der Waals surface area contributed by atoms with Crippen LogP contribution >= 0.6 is 0 Å². The first-order valence-corrected chi connectivity index (χ1v) is 7.72. The molecule has 2 N–H and O–H groups in total. The number of benzene rings is 1. The predicted octanol–water partition coefficient (Wildman–Crippen LogP) is 2.93. The van der Waals surface area contributed by atoms with E-state index in [2.05, 4.69) is 18.3 Å². The Morgan fingerprint density at radius 1 is 1.33 bits per heavy atom. The number of ether oxygens (including phenoxy) is 1. The number of nitrogens with one attached hydrogen (secondary N) is 1. The summed E-state index contributed by atoms with van der Waals surface area (Å²) in [5, 5.41) is 21.9. The van der Waals surface area contributed by atoms with Crippen LogP contribution in [0.25, 0.3) is 0 Å². The number of anilines is 1. The van der Waals surface area contributed by atoms with Crippen LogP contribution in [0.4, 0.5) is 5.69 Å². The van der Waals surface area contributed by atoms with Crippen molar-refractivity contribution < 1.29 is 9.84 Å². The number of hydrogen-bond acceptors (Lipinski definition) is 4. The molecule has 0 saturated heterocycles. The van der Waals surface area contributed by atoms with Gasteiger partial charge in [0.15, 0.2) is 0 Å². The maximum atomic E-state index is 9.99. The summed E-state index contributed by atoms with van der Waals surface area (Å²) in [6, 6.07) is 9.29. The Kier molecular flexibility index (Phi) is 6.04. The molecule has 0 spiro atoms. The van der Waals surface area contributed by atoms with E-state index in [0.29, 0.717) is 30.7 Å². The molecule has 114 valence electrons. The van der Waals surface area contributed by atoms with E-state index in [1.54, 1.807) is 12.1 Å². The molecule has 1 saturated carbocycles. The minimum atomic E-state index is -0.519. The van der Waals surface area contributed by atoms with Gasteiger partial charge in [-0.3, -0.25) is 0 Å². The molecular weight excluding hydrogens is 264 g/mol. The topological polar surface area (TPSA) is 65.3 Å². The van der Waals surface area contributed by atoms with Crippen LogP contribution in [0.1, 0.15) is 38.2 Å². The van der Waals surface area contributed by atoms with E-state index in [1.165, 1.54) is 19.3 Å². The zero-order valence-electron chi connectivity index (χ0n) is 12.6. The molecule has 3 unspecified atom stereocenters. The van der Waals surface area contributed by atoms with Crippen molar-refractivity contribution in [3.05, 3.63) is 29.8 Å². The van der Waals surface area contributed by atoms with Gasteiger partial charge in [0.05, 0.1) is 30.4 Å². The van der Waals surface area contributed by atoms with E-state index >= 15 is 0 Å². The van der Waals surface area contributed by atoms with Crippen molar-refractivity contribution in [3.8, 4) is 6.07 Å². The van der Waals surface area contributed by atoms with Crippen LogP contribution in [0.2, 0.25) is 0 Å². The summed E-state index contributed by atoms with van der Waals surface area (Å²) in [5.74, 6) is 0.595. The SMILES string of the molecule is CC1CCCCC1OCC(O)CNc1ccc(C#N)cc1. The Morgan fingerprint density at radius 3 is 2.71 bits per heavy atom. The average molecular weight is 288 g/mol. The quantitative estimate of drug-likeness (QED) is 0.844. The summed E-state index contributed by atoms with van der Waals surface area (Å²) in [4.78, 5) is 0. The molecule has 0 aliphatic heterocycles. The third kappa shape index (κ3) is 5.04. The third-order valence-corrected chi connectivity index (χ3v) is 4.09. The molecule has 3 atom stereocenters. The molecule has 4 nitrogen and oxygen atoms in total. The monoisotopic (exact) mass is 288 g/mol. The van der Waals surface area contributed by atoms with Crippen molar-refractivity contribution in [1.29, 1.82) is 5.26 Å². The zero-order chi connectivity index (χ0) is 15.1. The van der Waals surface area contributed by atoms with Crippen molar-refractivity contribution in [2.45, 2.75) is 44.8 Å². The van der Waals surface area contributed by atoms with Crippen molar-refractivity contribution in [1.82, 2.24) is 0 Å². The Balaban J connectivity index is 1.69. The molecular formula is C17H24N2O2. The second-order valence-electron chi connectivity index (χ2n) is 5.86. The Morgan fingerprint density at radius 2 is 2.05 bits per heavy atom. The molecule has 0 amide bonds. The number of hydrogen-bond donors (Lipinski definition) is 2. The number of nitrogens with zero attached hydrogens (tertiary/aromatic N) is 1. The highest BCUT2D eigenvalue weighted by molar-refractivity contribution is 5.47. The van der Waals surface area contributed by atoms with Crippen LogP contribution in [0.3, 0.4) is 0 Å². The number of rotatable bonds is 6. The van der Waals surface area contributed by atoms with Crippen LogP contribution in [0.5, 0.6) is 0 Å². The first-order chi connectivity index (χ1) is 10.2. The summed E-state index contributed by atoms with van der Waals surface area (Å²) in [7, 11) is 0. The second kappa shape index (κ2) is 8.02. The van der Waals surface area contributed by atoms with Crippen molar-refractivity contribution in [2.75, 3.05) is 18.5 Å².